The van der Waals surface area contributed by atoms with E-state index in [-0.39, 0.29) is 35.1 Å². The molecule has 2 aromatic rings. The summed E-state index contributed by atoms with van der Waals surface area (Å²) in [6, 6.07) is 7.37. The summed E-state index contributed by atoms with van der Waals surface area (Å²) in [7, 11) is 0. The lowest BCUT2D eigenvalue weighted by atomic mass is 10.3. The van der Waals surface area contributed by atoms with Crippen LogP contribution in [0.5, 0.6) is 0 Å². The predicted molar refractivity (Wildman–Crippen MR) is 89.6 cm³/mol. The highest BCUT2D eigenvalue weighted by atomic mass is 35.5. The van der Waals surface area contributed by atoms with Crippen LogP contribution in [0.4, 0.5) is 0 Å². The van der Waals surface area contributed by atoms with Crippen molar-refractivity contribution in [2.24, 2.45) is 11.5 Å². The van der Waals surface area contributed by atoms with Crippen molar-refractivity contribution in [3.05, 3.63) is 24.3 Å². The maximum Gasteiger partial charge on any atom is 0.157 e. The van der Waals surface area contributed by atoms with Crippen molar-refractivity contribution in [2.75, 3.05) is 0 Å². The summed E-state index contributed by atoms with van der Waals surface area (Å²) in [5.74, 6) is 0. The quantitative estimate of drug-likeness (QED) is 0.374. The lowest BCUT2D eigenvalue weighted by molar-refractivity contribution is 0.976. The van der Waals surface area contributed by atoms with Gasteiger partial charge in [0.25, 0.3) is 0 Å². The van der Waals surface area contributed by atoms with Crippen molar-refractivity contribution in [1.82, 2.24) is 9.97 Å². The van der Waals surface area contributed by atoms with Gasteiger partial charge in [-0.05, 0) is 35.7 Å². The van der Waals surface area contributed by atoms with E-state index in [0.29, 0.717) is 21.1 Å². The third kappa shape index (κ3) is 4.71. The van der Waals surface area contributed by atoms with Crippen LogP contribution in [0.15, 0.2) is 34.3 Å². The molecule has 1 heterocycles. The number of nitrogens with zero attached hydrogens (tertiary/aromatic N) is 2. The van der Waals surface area contributed by atoms with Crippen LogP contribution in [0.2, 0.25) is 0 Å². The fourth-order valence-corrected chi connectivity index (χ4v) is 2.53. The number of benzene rings is 1. The van der Waals surface area contributed by atoms with Gasteiger partial charge >= 0.3 is 0 Å². The second-order valence-corrected chi connectivity index (χ2v) is 5.32. The van der Waals surface area contributed by atoms with Crippen LogP contribution in [0, 0.1) is 10.8 Å². The Hall–Kier alpha value is -1.22. The van der Waals surface area contributed by atoms with E-state index in [1.54, 1.807) is 0 Å². The molecule has 0 bridgehead atoms. The largest absolute Gasteiger partial charge is 0.378 e. The zero-order chi connectivity index (χ0) is 13.1. The van der Waals surface area contributed by atoms with Crippen LogP contribution >= 0.6 is 48.3 Å². The van der Waals surface area contributed by atoms with Crippen molar-refractivity contribution in [2.45, 2.75) is 10.1 Å². The van der Waals surface area contributed by atoms with E-state index in [4.69, 9.17) is 22.3 Å². The lowest BCUT2D eigenvalue weighted by Gasteiger charge is -2.07. The maximum absolute atomic E-state index is 7.30. The Labute approximate surface area is 136 Å². The smallest absolute Gasteiger partial charge is 0.157 e. The van der Waals surface area contributed by atoms with Gasteiger partial charge in [-0.2, -0.15) is 0 Å². The monoisotopic (exact) mass is 350 g/mol. The minimum Gasteiger partial charge on any atom is -0.378 e. The Bertz CT molecular complexity index is 582. The van der Waals surface area contributed by atoms with Crippen LogP contribution in [-0.2, 0) is 0 Å². The summed E-state index contributed by atoms with van der Waals surface area (Å²) in [4.78, 5) is 8.75. The summed E-state index contributed by atoms with van der Waals surface area (Å²) < 4.78 is 0. The molecule has 0 aliphatic rings. The van der Waals surface area contributed by atoms with E-state index in [2.05, 4.69) is 9.97 Å². The standard InChI is InChI=1S/C10H10N6S2.2ClH/c11-9(12)17-7-8(18-10(13)14)16-6-4-2-1-3-5(6)15-7;;/h1-4H,(H3,11,12)(H3,13,14);2*1H. The zero-order valence-electron chi connectivity index (χ0n) is 9.99. The Morgan fingerprint density at radius 3 is 1.50 bits per heavy atom. The van der Waals surface area contributed by atoms with Crippen LogP contribution in [0.3, 0.4) is 0 Å². The number of amidine groups is 2. The molecule has 0 radical (unpaired) electrons. The van der Waals surface area contributed by atoms with Gasteiger partial charge in [0.1, 0.15) is 10.1 Å². The number of aromatic nitrogens is 2. The van der Waals surface area contributed by atoms with Gasteiger partial charge in [0, 0.05) is 0 Å². The number of nitrogens with one attached hydrogen (secondary N) is 2. The van der Waals surface area contributed by atoms with E-state index in [0.717, 1.165) is 23.5 Å². The molecule has 108 valence electrons. The molecule has 1 aromatic heterocycles. The van der Waals surface area contributed by atoms with Crippen LogP contribution < -0.4 is 11.5 Å². The number of nitrogens with two attached hydrogens (primary N) is 2. The van der Waals surface area contributed by atoms with Gasteiger partial charge in [-0.1, -0.05) is 12.1 Å². The van der Waals surface area contributed by atoms with Gasteiger partial charge in [-0.25, -0.2) is 9.97 Å². The molecular formula is C10H12Cl2N6S2. The van der Waals surface area contributed by atoms with Gasteiger partial charge < -0.3 is 11.5 Å². The summed E-state index contributed by atoms with van der Waals surface area (Å²) in [5, 5.41) is 15.4. The van der Waals surface area contributed by atoms with Crippen LogP contribution in [0.25, 0.3) is 11.0 Å². The van der Waals surface area contributed by atoms with Gasteiger partial charge in [0.05, 0.1) is 11.0 Å². The molecule has 0 aliphatic heterocycles. The van der Waals surface area contributed by atoms with E-state index in [1.807, 2.05) is 24.3 Å². The summed E-state index contributed by atoms with van der Waals surface area (Å²) in [5.41, 5.74) is 12.1. The van der Waals surface area contributed by atoms with Crippen molar-refractivity contribution in [3.8, 4) is 0 Å². The minimum atomic E-state index is -0.0787. The van der Waals surface area contributed by atoms with Gasteiger partial charge in [0.2, 0.25) is 0 Å². The first kappa shape index (κ1) is 18.8. The molecule has 6 nitrogen and oxygen atoms in total. The normalized spacial score (nSPS) is 9.40. The van der Waals surface area contributed by atoms with Crippen molar-refractivity contribution >= 4 is 69.7 Å². The molecule has 0 unspecified atom stereocenters. The SMILES string of the molecule is Cl.Cl.N=C(N)Sc1nc2ccccc2nc1SC(=N)N. The third-order valence-corrected chi connectivity index (χ3v) is 3.45. The average molecular weight is 351 g/mol. The fourth-order valence-electron chi connectivity index (χ4n) is 1.31. The molecule has 20 heavy (non-hydrogen) atoms. The summed E-state index contributed by atoms with van der Waals surface area (Å²) in [6.07, 6.45) is 0. The molecule has 0 aliphatic carbocycles. The maximum atomic E-state index is 7.30. The Balaban J connectivity index is 0.00000180. The van der Waals surface area contributed by atoms with Gasteiger partial charge in [-0.15, -0.1) is 24.8 Å². The molecule has 0 fully saturated rings. The van der Waals surface area contributed by atoms with Crippen molar-refractivity contribution < 1.29 is 0 Å². The highest BCUT2D eigenvalue weighted by Crippen LogP contribution is 2.29. The number of halogens is 2. The van der Waals surface area contributed by atoms with E-state index < -0.39 is 0 Å². The van der Waals surface area contributed by atoms with E-state index in [9.17, 15) is 0 Å². The zero-order valence-corrected chi connectivity index (χ0v) is 13.3. The average Bonchev–Trinajstić information content (AvgIpc) is 2.28. The molecule has 0 saturated heterocycles. The minimum absolute atomic E-state index is 0. The first-order valence-corrected chi connectivity index (χ1v) is 6.50. The molecule has 10 heteroatoms. The number of rotatable bonds is 2. The predicted octanol–water partition coefficient (Wildman–Crippen LogP) is 2.44. The first-order valence-electron chi connectivity index (χ1n) is 4.87. The number of hydrogen-bond acceptors (Lipinski definition) is 6. The molecule has 2 rings (SSSR count). The second-order valence-electron chi connectivity index (χ2n) is 3.26. The number of para-hydroxylation sites is 2. The third-order valence-electron chi connectivity index (χ3n) is 1.92. The molecule has 0 saturated carbocycles. The van der Waals surface area contributed by atoms with Crippen molar-refractivity contribution in [1.29, 1.82) is 10.8 Å². The Morgan fingerprint density at radius 1 is 0.850 bits per heavy atom. The molecule has 6 N–H and O–H groups in total. The highest BCUT2D eigenvalue weighted by molar-refractivity contribution is 8.16. The number of fused-ring (bicyclic) bond motifs is 1. The first-order chi connectivity index (χ1) is 8.56. The lowest BCUT2D eigenvalue weighted by Crippen LogP contribution is -2.08. The van der Waals surface area contributed by atoms with E-state index >= 15 is 0 Å². The van der Waals surface area contributed by atoms with E-state index in [1.165, 1.54) is 0 Å². The fraction of sp³-hybridized carbons (Fsp3) is 0. The molecule has 1 aromatic carbocycles. The van der Waals surface area contributed by atoms with Gasteiger partial charge in [-0.3, -0.25) is 10.8 Å². The topological polar surface area (TPSA) is 126 Å². The Kier molecular flexibility index (Phi) is 7.66. The summed E-state index contributed by atoms with van der Waals surface area (Å²) >= 11 is 1.99. The molecule has 0 atom stereocenters. The molecule has 0 spiro atoms. The van der Waals surface area contributed by atoms with Gasteiger partial charge in [0.15, 0.2) is 10.3 Å². The molecular weight excluding hydrogens is 339 g/mol. The Morgan fingerprint density at radius 2 is 1.20 bits per heavy atom. The number of thioether (sulfide) groups is 2. The van der Waals surface area contributed by atoms with Crippen LogP contribution in [-0.4, -0.2) is 20.3 Å². The van der Waals surface area contributed by atoms with Crippen molar-refractivity contribution in [3.63, 3.8) is 0 Å². The highest BCUT2D eigenvalue weighted by Gasteiger charge is 2.12. The molecule has 0 amide bonds. The second kappa shape index (κ2) is 8.15. The van der Waals surface area contributed by atoms with Crippen LogP contribution in [0.1, 0.15) is 0 Å². The summed E-state index contributed by atoms with van der Waals surface area (Å²) in [6.45, 7) is 0. The number of hydrogen-bond donors (Lipinski definition) is 4.